The molecule has 2 amide bonds. The van der Waals surface area contributed by atoms with Crippen molar-refractivity contribution in [3.63, 3.8) is 0 Å². The van der Waals surface area contributed by atoms with Crippen LogP contribution in [0.25, 0.3) is 22.5 Å². The van der Waals surface area contributed by atoms with Crippen molar-refractivity contribution in [2.75, 3.05) is 46.4 Å². The van der Waals surface area contributed by atoms with E-state index in [0.29, 0.717) is 17.0 Å². The molecule has 6 aromatic rings. The number of hydrogen-bond donors (Lipinski definition) is 4. The number of nitrogen functional groups attached to an aromatic ring is 2. The summed E-state index contributed by atoms with van der Waals surface area (Å²) in [7, 11) is -13.4. The average molecular weight is 930 g/mol. The van der Waals surface area contributed by atoms with E-state index in [9.17, 15) is 35.6 Å². The molecule has 6 N–H and O–H groups in total. The van der Waals surface area contributed by atoms with E-state index in [-0.39, 0.29) is 50.6 Å². The molecule has 6 rings (SSSR count). The van der Waals surface area contributed by atoms with Crippen molar-refractivity contribution >= 4 is 69.7 Å². The van der Waals surface area contributed by atoms with E-state index in [2.05, 4.69) is 30.6 Å². The molecule has 0 aliphatic rings. The predicted molar refractivity (Wildman–Crippen MR) is 243 cm³/mol. The van der Waals surface area contributed by atoms with Gasteiger partial charge in [0.25, 0.3) is 11.8 Å². The Kier molecular flexibility index (Phi) is 14.0. The van der Waals surface area contributed by atoms with Crippen LogP contribution in [-0.2, 0) is 39.7 Å². The number of nitrogens with two attached hydrogens (primary N) is 2. The van der Waals surface area contributed by atoms with E-state index in [1.165, 1.54) is 74.3 Å². The topological polar surface area (TPSA) is 273 Å². The summed E-state index contributed by atoms with van der Waals surface area (Å²) in [6.45, 7) is 6.22. The van der Waals surface area contributed by atoms with Gasteiger partial charge in [-0.3, -0.25) is 14.2 Å². The van der Waals surface area contributed by atoms with Crippen molar-refractivity contribution < 1.29 is 40.1 Å². The molecule has 0 saturated carbocycles. The molecule has 0 spiro atoms. The van der Waals surface area contributed by atoms with Crippen LogP contribution < -0.4 is 22.1 Å². The molecule has 0 fully saturated rings. The number of nitrogens with one attached hydrogen (secondary N) is 2. The molecule has 2 aromatic heterocycles. The molecule has 63 heavy (non-hydrogen) atoms. The molecule has 3 atom stereocenters. The van der Waals surface area contributed by atoms with Crippen LogP contribution in [-0.4, -0.2) is 79.0 Å². The number of benzene rings is 4. The van der Waals surface area contributed by atoms with E-state index < -0.39 is 63.8 Å². The first-order chi connectivity index (χ1) is 29.7. The van der Waals surface area contributed by atoms with Crippen LogP contribution in [0, 0.1) is 6.92 Å². The number of amides is 2. The lowest BCUT2D eigenvalue weighted by Gasteiger charge is -2.20. The van der Waals surface area contributed by atoms with Gasteiger partial charge in [-0.15, -0.1) is 0 Å². The highest BCUT2D eigenvalue weighted by Gasteiger charge is 2.30. The van der Waals surface area contributed by atoms with Gasteiger partial charge in [0.2, 0.25) is 22.7 Å². The summed E-state index contributed by atoms with van der Waals surface area (Å²) in [6, 6.07) is 25.3. The smallest absolute Gasteiger partial charge is 0.351 e. The van der Waals surface area contributed by atoms with Gasteiger partial charge < -0.3 is 26.6 Å². The zero-order chi connectivity index (χ0) is 45.7. The maximum absolute atomic E-state index is 13.5. The molecular weight excluding hydrogens is 887 g/mol. The second kappa shape index (κ2) is 19.0. The highest BCUT2D eigenvalue weighted by atomic mass is 32.2. The number of carbonyl (C=O) groups excluding carboxylic acids is 2. The molecule has 3 unspecified atom stereocenters. The summed E-state index contributed by atoms with van der Waals surface area (Å²) in [5.74, 6) is -1.52. The largest absolute Gasteiger partial charge is 0.382 e. The third kappa shape index (κ3) is 12.0. The van der Waals surface area contributed by atoms with Gasteiger partial charge in [-0.2, -0.15) is 0 Å². The fourth-order valence-electron chi connectivity index (χ4n) is 6.29. The minimum absolute atomic E-state index is 0.0302. The molecule has 4 aromatic carbocycles. The second-order valence-corrected chi connectivity index (χ2v) is 23.7. The first kappa shape index (κ1) is 46.3. The number of carbonyl (C=O) groups is 2. The Bertz CT molecular complexity index is 2980. The van der Waals surface area contributed by atoms with Crippen molar-refractivity contribution in [3.8, 4) is 22.5 Å². The van der Waals surface area contributed by atoms with Gasteiger partial charge in [0.15, 0.2) is 32.9 Å². The molecule has 0 bridgehead atoms. The van der Waals surface area contributed by atoms with Crippen LogP contribution >= 0.6 is 15.2 Å². The summed E-state index contributed by atoms with van der Waals surface area (Å²) in [4.78, 5) is 43.1. The summed E-state index contributed by atoms with van der Waals surface area (Å²) < 4.78 is 82.3. The van der Waals surface area contributed by atoms with Crippen LogP contribution in [0.3, 0.4) is 0 Å². The number of aromatic nitrogens is 4. The lowest BCUT2D eigenvalue weighted by atomic mass is 10.1. The van der Waals surface area contributed by atoms with E-state index >= 15 is 0 Å². The van der Waals surface area contributed by atoms with E-state index in [1.54, 1.807) is 31.2 Å². The summed E-state index contributed by atoms with van der Waals surface area (Å²) in [5, 5.41) is 5.28. The molecule has 0 aliphatic heterocycles. The monoisotopic (exact) mass is 929 g/mol. The van der Waals surface area contributed by atoms with Crippen molar-refractivity contribution in [2.24, 2.45) is 0 Å². The van der Waals surface area contributed by atoms with Crippen molar-refractivity contribution in [1.82, 2.24) is 19.9 Å². The Morgan fingerprint density at radius 2 is 1.14 bits per heavy atom. The van der Waals surface area contributed by atoms with Crippen molar-refractivity contribution in [1.29, 1.82) is 0 Å². The van der Waals surface area contributed by atoms with Gasteiger partial charge in [0, 0.05) is 29.2 Å². The van der Waals surface area contributed by atoms with E-state index in [0.717, 1.165) is 16.7 Å². The first-order valence-electron chi connectivity index (χ1n) is 19.0. The van der Waals surface area contributed by atoms with Crippen LogP contribution in [0.1, 0.15) is 39.0 Å². The fraction of sp³-hybridized carbons (Fsp3) is 0.190. The zero-order valence-electron chi connectivity index (χ0n) is 34.4. The number of nitrogens with zero attached hydrogens (tertiary/aromatic N) is 4. The Labute approximate surface area is 365 Å². The molecule has 0 saturated heterocycles. The molecular formula is C42H43N8O9P2S2+. The normalized spacial score (nSPS) is 13.4. The standard InChI is InChI=1S/C42H42N8O9P2S2/c1-26-5-9-29(10-6-26)35-22-45-39(43)37(49-35)41(51)48-32-15-19-34(20-16-32)63(57,58)25-61(4,54)59-27(2)21-28-7-11-30(12-8-28)36-23-46-40(44)38(50-36)42(52)47-31-13-17-33(18-14-31)62(55,56)24-60(3)53/h5-20,22-23,27H,21,24-25H2,1-4H3,(H5-,43,44,45,46,47,48,51,52)/p+1. The molecule has 17 nitrogen and oxygen atoms in total. The van der Waals surface area contributed by atoms with Crippen molar-refractivity contribution in [2.45, 2.75) is 36.2 Å². The van der Waals surface area contributed by atoms with Crippen LogP contribution in [0.15, 0.2) is 119 Å². The zero-order valence-corrected chi connectivity index (χ0v) is 37.8. The molecule has 0 aliphatic carbocycles. The SMILES string of the molecule is Cc1ccc(-c2cnc(N)c(C(=O)Nc3ccc(S(=O)(=O)CP(C)(=O)OC(C)Cc4ccc(-c5cnc(N)c(C(=O)Nc6ccc(S(=O)(=O)C[P+](C)=O)cc6)n5)cc4)cc3)n2)cc1. The fourth-order valence-corrected chi connectivity index (χ4v) is 14.1. The minimum Gasteiger partial charge on any atom is -0.382 e. The minimum atomic E-state index is -4.08. The van der Waals surface area contributed by atoms with Crippen molar-refractivity contribution in [3.05, 3.63) is 132 Å². The Balaban J connectivity index is 1.03. The van der Waals surface area contributed by atoms with Crippen LogP contribution in [0.2, 0.25) is 0 Å². The molecule has 2 heterocycles. The number of anilines is 4. The molecule has 21 heteroatoms. The lowest BCUT2D eigenvalue weighted by molar-refractivity contribution is 0.101. The maximum Gasteiger partial charge on any atom is 0.351 e. The van der Waals surface area contributed by atoms with E-state index in [4.69, 9.17) is 16.0 Å². The second-order valence-electron chi connectivity index (χ2n) is 14.7. The lowest BCUT2D eigenvalue weighted by Crippen LogP contribution is -2.17. The highest BCUT2D eigenvalue weighted by molar-refractivity contribution is 7.98. The van der Waals surface area contributed by atoms with Gasteiger partial charge in [0.1, 0.15) is 12.2 Å². The Hall–Kier alpha value is -6.23. The number of sulfone groups is 2. The molecule has 326 valence electrons. The predicted octanol–water partition coefficient (Wildman–Crippen LogP) is 7.05. The van der Waals surface area contributed by atoms with E-state index in [1.807, 2.05) is 31.2 Å². The van der Waals surface area contributed by atoms with Crippen LogP contribution in [0.5, 0.6) is 0 Å². The van der Waals surface area contributed by atoms with Gasteiger partial charge >= 0.3 is 7.80 Å². The Morgan fingerprint density at radius 3 is 1.59 bits per heavy atom. The third-order valence-corrected chi connectivity index (χ3v) is 18.1. The average Bonchev–Trinajstić information content (AvgIpc) is 3.21. The van der Waals surface area contributed by atoms with Gasteiger partial charge in [-0.1, -0.05) is 58.7 Å². The first-order valence-corrected chi connectivity index (χ1v) is 26.5. The van der Waals surface area contributed by atoms with Crippen LogP contribution in [0.4, 0.5) is 23.0 Å². The third-order valence-electron chi connectivity index (χ3n) is 9.25. The summed E-state index contributed by atoms with van der Waals surface area (Å²) >= 11 is 0. The number of hydrogen-bond acceptors (Lipinski definition) is 15. The maximum atomic E-state index is 13.5. The van der Waals surface area contributed by atoms with Gasteiger partial charge in [-0.05, 0) is 74.4 Å². The molecule has 0 radical (unpaired) electrons. The van der Waals surface area contributed by atoms with Gasteiger partial charge in [-0.25, -0.2) is 36.8 Å². The summed E-state index contributed by atoms with van der Waals surface area (Å²) in [5.41, 5.74) is 15.0. The quantitative estimate of drug-likeness (QED) is 0.0708. The number of aryl methyl sites for hydroxylation is 1. The number of rotatable bonds is 16. The summed E-state index contributed by atoms with van der Waals surface area (Å²) in [6.07, 6.45) is 2.52. The highest BCUT2D eigenvalue weighted by Crippen LogP contribution is 2.47. The van der Waals surface area contributed by atoms with Gasteiger partial charge in [0.05, 0.1) is 39.7 Å². The Morgan fingerprint density at radius 1 is 0.714 bits per heavy atom.